The van der Waals surface area contributed by atoms with Crippen LogP contribution in [0.5, 0.6) is 0 Å². The van der Waals surface area contributed by atoms with E-state index in [0.717, 1.165) is 26.9 Å². The predicted molar refractivity (Wildman–Crippen MR) is 156 cm³/mol. The second kappa shape index (κ2) is 11.3. The molecule has 1 aliphatic rings. The van der Waals surface area contributed by atoms with Crippen molar-refractivity contribution >= 4 is 56.5 Å². The van der Waals surface area contributed by atoms with Crippen molar-refractivity contribution in [3.05, 3.63) is 80.4 Å². The number of amides is 2. The summed E-state index contributed by atoms with van der Waals surface area (Å²) in [6.07, 6.45) is 3.97. The zero-order chi connectivity index (χ0) is 28.4. The minimum absolute atomic E-state index is 0.0359. The summed E-state index contributed by atoms with van der Waals surface area (Å²) in [4.78, 5) is 47.5. The van der Waals surface area contributed by atoms with Gasteiger partial charge in [0.05, 0.1) is 24.6 Å². The van der Waals surface area contributed by atoms with Gasteiger partial charge in [0.15, 0.2) is 0 Å². The Morgan fingerprint density at radius 3 is 2.73 bits per heavy atom. The number of anilines is 2. The number of nitrogens with zero attached hydrogens (tertiary/aromatic N) is 3. The van der Waals surface area contributed by atoms with Gasteiger partial charge in [0.1, 0.15) is 23.7 Å². The van der Waals surface area contributed by atoms with Gasteiger partial charge in [-0.25, -0.2) is 14.8 Å². The van der Waals surface area contributed by atoms with Gasteiger partial charge < -0.3 is 15.4 Å². The van der Waals surface area contributed by atoms with E-state index in [4.69, 9.17) is 16.3 Å². The smallest absolute Gasteiger partial charge is 0.413 e. The summed E-state index contributed by atoms with van der Waals surface area (Å²) in [7, 11) is 0. The third-order valence-corrected chi connectivity index (χ3v) is 7.58. The van der Waals surface area contributed by atoms with Crippen LogP contribution in [0.15, 0.2) is 53.7 Å². The van der Waals surface area contributed by atoms with Crippen LogP contribution in [0.1, 0.15) is 49.4 Å². The Hall–Kier alpha value is -3.96. The van der Waals surface area contributed by atoms with E-state index in [-0.39, 0.29) is 30.6 Å². The Bertz CT molecular complexity index is 1630. The summed E-state index contributed by atoms with van der Waals surface area (Å²) in [5, 5.41) is 10.4. The average Bonchev–Trinajstić information content (AvgIpc) is 3.31. The number of rotatable bonds is 6. The maximum absolute atomic E-state index is 13.2. The number of nitrogens with one attached hydrogen (secondary N) is 3. The summed E-state index contributed by atoms with van der Waals surface area (Å²) in [6, 6.07) is 11.2. The van der Waals surface area contributed by atoms with Crippen LogP contribution in [0, 0.1) is 0 Å². The molecule has 0 saturated carbocycles. The zero-order valence-electron chi connectivity index (χ0n) is 22.3. The Morgan fingerprint density at radius 2 is 1.98 bits per heavy atom. The first-order valence-electron chi connectivity index (χ1n) is 12.8. The van der Waals surface area contributed by atoms with Gasteiger partial charge in [0.2, 0.25) is 5.91 Å². The van der Waals surface area contributed by atoms with E-state index < -0.39 is 11.7 Å². The van der Waals surface area contributed by atoms with Crippen molar-refractivity contribution in [2.45, 2.75) is 58.3 Å². The molecule has 0 saturated heterocycles. The number of aromatic nitrogens is 3. The van der Waals surface area contributed by atoms with Crippen molar-refractivity contribution < 1.29 is 14.3 Å². The maximum atomic E-state index is 13.2. The molecule has 208 valence electrons. The zero-order valence-corrected chi connectivity index (χ0v) is 23.9. The molecule has 4 aromatic rings. The quantitative estimate of drug-likeness (QED) is 0.283. The molecule has 5 rings (SSSR count). The Balaban J connectivity index is 1.20. The normalized spacial score (nSPS) is 14.8. The Morgan fingerprint density at radius 1 is 1.20 bits per heavy atom. The van der Waals surface area contributed by atoms with E-state index in [1.165, 1.54) is 22.2 Å². The number of pyridine rings is 1. The van der Waals surface area contributed by atoms with Crippen molar-refractivity contribution in [2.24, 2.45) is 0 Å². The second-order valence-corrected chi connectivity index (χ2v) is 12.1. The van der Waals surface area contributed by atoms with Crippen molar-refractivity contribution in [1.82, 2.24) is 19.9 Å². The van der Waals surface area contributed by atoms with E-state index in [0.29, 0.717) is 28.6 Å². The monoisotopic (exact) mass is 580 g/mol. The fourth-order valence-corrected chi connectivity index (χ4v) is 5.53. The lowest BCUT2D eigenvalue weighted by Gasteiger charge is -2.26. The van der Waals surface area contributed by atoms with Gasteiger partial charge in [0.25, 0.3) is 5.56 Å². The van der Waals surface area contributed by atoms with Crippen LogP contribution in [0.4, 0.5) is 16.3 Å². The van der Waals surface area contributed by atoms with Crippen LogP contribution in [-0.4, -0.2) is 32.1 Å². The number of aryl methyl sites for hydroxylation is 1. The highest BCUT2D eigenvalue weighted by Crippen LogP contribution is 2.30. The molecule has 0 unspecified atom stereocenters. The molecule has 1 aliphatic heterocycles. The molecule has 3 aromatic heterocycles. The number of hydrogen-bond donors (Lipinski definition) is 3. The van der Waals surface area contributed by atoms with Crippen molar-refractivity contribution in [1.29, 1.82) is 0 Å². The molecular weight excluding hydrogens is 552 g/mol. The molecule has 0 aliphatic carbocycles. The van der Waals surface area contributed by atoms with Crippen LogP contribution >= 0.6 is 22.9 Å². The highest BCUT2D eigenvalue weighted by molar-refractivity contribution is 7.19. The molecule has 1 atom stereocenters. The minimum atomic E-state index is -0.612. The largest absolute Gasteiger partial charge is 0.444 e. The number of thiophene rings is 1. The lowest BCUT2D eigenvalue weighted by atomic mass is 9.96. The lowest BCUT2D eigenvalue weighted by molar-refractivity contribution is -0.121. The summed E-state index contributed by atoms with van der Waals surface area (Å²) in [5.74, 6) is 0.0714. The van der Waals surface area contributed by atoms with Gasteiger partial charge >= 0.3 is 6.09 Å². The van der Waals surface area contributed by atoms with Crippen molar-refractivity contribution in [2.75, 3.05) is 10.6 Å². The van der Waals surface area contributed by atoms with E-state index in [9.17, 15) is 14.4 Å². The molecular formula is C28H29ClN6O4S. The number of benzene rings is 1. The number of hydrogen-bond acceptors (Lipinski definition) is 8. The molecule has 1 aromatic carbocycles. The van der Waals surface area contributed by atoms with E-state index >= 15 is 0 Å². The minimum Gasteiger partial charge on any atom is -0.444 e. The SMILES string of the molecule is CC(C)(C)OC(=O)Nc1cc2sc(CNC(=O)Cn3cnc4c(c3=O)N[C@H](c3ccc(Cl)cc3)CC4)cc2cn1. The van der Waals surface area contributed by atoms with Crippen LogP contribution in [-0.2, 0) is 29.0 Å². The van der Waals surface area contributed by atoms with E-state index in [1.807, 2.05) is 30.3 Å². The van der Waals surface area contributed by atoms with Gasteiger partial charge in [-0.05, 0) is 63.4 Å². The summed E-state index contributed by atoms with van der Waals surface area (Å²) in [5.41, 5.74) is 1.27. The molecule has 4 heterocycles. The number of fused-ring (bicyclic) bond motifs is 2. The number of carbonyl (C=O) groups excluding carboxylic acids is 2. The molecule has 12 heteroatoms. The molecule has 0 radical (unpaired) electrons. The summed E-state index contributed by atoms with van der Waals surface area (Å²) < 4.78 is 7.49. The first-order valence-corrected chi connectivity index (χ1v) is 14.0. The van der Waals surface area contributed by atoms with Crippen molar-refractivity contribution in [3.63, 3.8) is 0 Å². The van der Waals surface area contributed by atoms with Gasteiger partial charge in [-0.2, -0.15) is 0 Å². The van der Waals surface area contributed by atoms with Crippen LogP contribution in [0.2, 0.25) is 5.02 Å². The highest BCUT2D eigenvalue weighted by atomic mass is 35.5. The van der Waals surface area contributed by atoms with Gasteiger partial charge in [-0.15, -0.1) is 11.3 Å². The highest BCUT2D eigenvalue weighted by Gasteiger charge is 2.24. The van der Waals surface area contributed by atoms with E-state index in [1.54, 1.807) is 33.0 Å². The van der Waals surface area contributed by atoms with Gasteiger partial charge in [0, 0.05) is 26.2 Å². The topological polar surface area (TPSA) is 127 Å². The second-order valence-electron chi connectivity index (χ2n) is 10.5. The van der Waals surface area contributed by atoms with Crippen LogP contribution in [0.25, 0.3) is 10.1 Å². The molecule has 0 fully saturated rings. The average molecular weight is 581 g/mol. The molecule has 0 bridgehead atoms. The molecule has 0 spiro atoms. The molecule has 40 heavy (non-hydrogen) atoms. The number of halogens is 1. The third-order valence-electron chi connectivity index (χ3n) is 6.23. The third kappa shape index (κ3) is 6.60. The van der Waals surface area contributed by atoms with E-state index in [2.05, 4.69) is 25.9 Å². The number of carbonyl (C=O) groups is 2. The Kier molecular flexibility index (Phi) is 7.77. The van der Waals surface area contributed by atoms with Gasteiger partial charge in [-0.1, -0.05) is 23.7 Å². The fraction of sp³-hybridized carbons (Fsp3) is 0.321. The number of ether oxygens (including phenoxy) is 1. The summed E-state index contributed by atoms with van der Waals surface area (Å²) in [6.45, 7) is 5.50. The van der Waals surface area contributed by atoms with Crippen LogP contribution in [0.3, 0.4) is 0 Å². The first-order chi connectivity index (χ1) is 19.0. The first kappa shape index (κ1) is 27.6. The maximum Gasteiger partial charge on any atom is 0.413 e. The predicted octanol–water partition coefficient (Wildman–Crippen LogP) is 5.27. The molecule has 2 amide bonds. The van der Waals surface area contributed by atoms with Gasteiger partial charge in [-0.3, -0.25) is 19.5 Å². The lowest BCUT2D eigenvalue weighted by Crippen LogP contribution is -2.35. The van der Waals surface area contributed by atoms with Crippen LogP contribution < -0.4 is 21.5 Å². The Labute approximate surface area is 239 Å². The fourth-order valence-electron chi connectivity index (χ4n) is 4.39. The molecule has 3 N–H and O–H groups in total. The standard InChI is InChI=1S/C28H29ClN6O4S/c1-28(2,3)39-27(38)34-23-11-22-17(12-30-23)10-19(40-22)13-31-24(36)14-35-15-32-21-9-8-20(33-25(21)26(35)37)16-4-6-18(29)7-5-16/h4-7,10-12,15,20,33H,8-9,13-14H2,1-3H3,(H,31,36)(H,30,34,38)/t20-/m0/s1. The summed E-state index contributed by atoms with van der Waals surface area (Å²) >= 11 is 7.48. The van der Waals surface area contributed by atoms with Crippen molar-refractivity contribution in [3.8, 4) is 0 Å². The molecule has 10 nitrogen and oxygen atoms in total.